The van der Waals surface area contributed by atoms with E-state index in [2.05, 4.69) is 0 Å². The molecule has 0 bridgehead atoms. The molecule has 0 aliphatic carbocycles. The average molecular weight is 368 g/mol. The molecule has 0 radical (unpaired) electrons. The van der Waals surface area contributed by atoms with E-state index >= 15 is 0 Å². The van der Waals surface area contributed by atoms with Gasteiger partial charge >= 0.3 is 6.18 Å². The zero-order chi connectivity index (χ0) is 18.9. The van der Waals surface area contributed by atoms with Crippen LogP contribution < -0.4 is 10.3 Å². The molecule has 0 unspecified atom stereocenters. The van der Waals surface area contributed by atoms with E-state index in [4.69, 9.17) is 4.74 Å². The van der Waals surface area contributed by atoms with Gasteiger partial charge in [-0.15, -0.1) is 0 Å². The Kier molecular flexibility index (Phi) is 4.93. The highest BCUT2D eigenvalue weighted by Crippen LogP contribution is 2.34. The Hall–Kier alpha value is -2.51. The molecule has 2 heterocycles. The number of fused-ring (bicyclic) bond motifs is 1. The lowest BCUT2D eigenvalue weighted by Gasteiger charge is -2.17. The summed E-state index contributed by atoms with van der Waals surface area (Å²) in [6.07, 6.45) is -2.70. The smallest absolute Gasteiger partial charge is 0.417 e. The van der Waals surface area contributed by atoms with Crippen LogP contribution in [0.1, 0.15) is 25.3 Å². The maximum Gasteiger partial charge on any atom is 0.417 e. The van der Waals surface area contributed by atoms with Crippen molar-refractivity contribution in [1.29, 1.82) is 0 Å². The number of hydrogen-bond acceptors (Lipinski definition) is 3. The molecule has 1 aromatic carbocycles. The predicted octanol–water partition coefficient (Wildman–Crippen LogP) is 3.04. The summed E-state index contributed by atoms with van der Waals surface area (Å²) in [5.41, 5.74) is -1.56. The van der Waals surface area contributed by atoms with Crippen LogP contribution in [0.15, 0.2) is 29.1 Å². The fraction of sp³-hybridized carbons (Fsp3) is 0.444. The zero-order valence-corrected chi connectivity index (χ0v) is 14.3. The number of hydrogen-bond donors (Lipinski definition) is 0. The van der Waals surface area contributed by atoms with Crippen LogP contribution in [-0.2, 0) is 17.5 Å². The fourth-order valence-corrected chi connectivity index (χ4v) is 3.21. The number of alkyl halides is 3. The van der Waals surface area contributed by atoms with Gasteiger partial charge in [0.25, 0.3) is 11.5 Å². The normalized spacial score (nSPS) is 14.8. The number of ether oxygens (including phenoxy) is 1. The molecule has 140 valence electrons. The summed E-state index contributed by atoms with van der Waals surface area (Å²) in [6.45, 7) is 3.12. The SMILES string of the molecule is CCn1c(=O)cc(C(F)(F)F)c2ccc(OCC(=O)N3CCCC3)cc21. The number of aromatic nitrogens is 1. The van der Waals surface area contributed by atoms with Crippen LogP contribution >= 0.6 is 0 Å². The molecule has 1 aliphatic rings. The molecule has 1 saturated heterocycles. The lowest BCUT2D eigenvalue weighted by atomic mass is 10.1. The van der Waals surface area contributed by atoms with E-state index in [1.807, 2.05) is 0 Å². The number of halogens is 3. The molecule has 0 atom stereocenters. The van der Waals surface area contributed by atoms with Gasteiger partial charge in [-0.05, 0) is 31.9 Å². The topological polar surface area (TPSA) is 51.5 Å². The maximum atomic E-state index is 13.2. The largest absolute Gasteiger partial charge is 0.484 e. The minimum atomic E-state index is -4.63. The highest BCUT2D eigenvalue weighted by atomic mass is 19.4. The third-order valence-corrected chi connectivity index (χ3v) is 4.53. The van der Waals surface area contributed by atoms with E-state index < -0.39 is 17.3 Å². The molecule has 1 aromatic heterocycles. The summed E-state index contributed by atoms with van der Waals surface area (Å²) in [5.74, 6) is 0.102. The summed E-state index contributed by atoms with van der Waals surface area (Å²) in [7, 11) is 0. The monoisotopic (exact) mass is 368 g/mol. The number of benzene rings is 1. The number of aryl methyl sites for hydroxylation is 1. The molecule has 3 rings (SSSR count). The molecular weight excluding hydrogens is 349 g/mol. The van der Waals surface area contributed by atoms with Crippen LogP contribution in [0, 0.1) is 0 Å². The van der Waals surface area contributed by atoms with Crippen molar-refractivity contribution in [2.75, 3.05) is 19.7 Å². The first kappa shape index (κ1) is 18.3. The van der Waals surface area contributed by atoms with E-state index in [0.717, 1.165) is 12.8 Å². The predicted molar refractivity (Wildman–Crippen MR) is 90.2 cm³/mol. The lowest BCUT2D eigenvalue weighted by Crippen LogP contribution is -2.32. The summed E-state index contributed by atoms with van der Waals surface area (Å²) >= 11 is 0. The van der Waals surface area contributed by atoms with Crippen molar-refractivity contribution in [1.82, 2.24) is 9.47 Å². The fourth-order valence-electron chi connectivity index (χ4n) is 3.21. The molecule has 26 heavy (non-hydrogen) atoms. The maximum absolute atomic E-state index is 13.2. The second kappa shape index (κ2) is 7.01. The molecule has 8 heteroatoms. The van der Waals surface area contributed by atoms with Gasteiger partial charge in [0.2, 0.25) is 0 Å². The third kappa shape index (κ3) is 3.54. The molecule has 5 nitrogen and oxygen atoms in total. The Bertz CT molecular complexity index is 884. The summed E-state index contributed by atoms with van der Waals surface area (Å²) in [4.78, 5) is 25.8. The van der Waals surface area contributed by atoms with Gasteiger partial charge in [0.05, 0.1) is 11.1 Å². The second-order valence-corrected chi connectivity index (χ2v) is 6.19. The van der Waals surface area contributed by atoms with Crippen LogP contribution in [0.2, 0.25) is 0 Å². The Morgan fingerprint density at radius 3 is 2.50 bits per heavy atom. The van der Waals surface area contributed by atoms with Gasteiger partial charge in [0, 0.05) is 37.2 Å². The van der Waals surface area contributed by atoms with Gasteiger partial charge in [-0.25, -0.2) is 0 Å². The van der Waals surface area contributed by atoms with E-state index in [1.165, 1.54) is 22.8 Å². The average Bonchev–Trinajstić information content (AvgIpc) is 3.12. The quantitative estimate of drug-likeness (QED) is 0.834. The number of likely N-dealkylation sites (tertiary alicyclic amines) is 1. The Balaban J connectivity index is 1.94. The van der Waals surface area contributed by atoms with Crippen LogP contribution in [0.3, 0.4) is 0 Å². The van der Waals surface area contributed by atoms with Gasteiger partial charge in [-0.2, -0.15) is 13.2 Å². The summed E-state index contributed by atoms with van der Waals surface area (Å²) < 4.78 is 46.4. The van der Waals surface area contributed by atoms with Crippen LogP contribution in [0.25, 0.3) is 10.9 Å². The van der Waals surface area contributed by atoms with Gasteiger partial charge in [-0.3, -0.25) is 9.59 Å². The number of carbonyl (C=O) groups is 1. The minimum Gasteiger partial charge on any atom is -0.484 e. The molecule has 0 N–H and O–H groups in total. The van der Waals surface area contributed by atoms with Crippen molar-refractivity contribution in [3.8, 4) is 5.75 Å². The second-order valence-electron chi connectivity index (χ2n) is 6.19. The van der Waals surface area contributed by atoms with E-state index in [9.17, 15) is 22.8 Å². The van der Waals surface area contributed by atoms with Crippen LogP contribution in [0.5, 0.6) is 5.75 Å². The van der Waals surface area contributed by atoms with Crippen molar-refractivity contribution in [3.05, 3.63) is 40.2 Å². The van der Waals surface area contributed by atoms with Crippen molar-refractivity contribution in [3.63, 3.8) is 0 Å². The summed E-state index contributed by atoms with van der Waals surface area (Å²) in [6, 6.07) is 4.66. The molecule has 2 aromatic rings. The lowest BCUT2D eigenvalue weighted by molar-refractivity contribution is -0.136. The molecule has 1 aliphatic heterocycles. The number of nitrogens with zero attached hydrogens (tertiary/aromatic N) is 2. The van der Waals surface area contributed by atoms with Gasteiger partial charge in [-0.1, -0.05) is 0 Å². The number of carbonyl (C=O) groups excluding carboxylic acids is 1. The van der Waals surface area contributed by atoms with Crippen molar-refractivity contribution < 1.29 is 22.7 Å². The molecular formula is C18H19F3N2O3. The number of rotatable bonds is 4. The van der Waals surface area contributed by atoms with Gasteiger partial charge in [0.15, 0.2) is 6.61 Å². The van der Waals surface area contributed by atoms with Crippen LogP contribution in [0.4, 0.5) is 13.2 Å². The number of amides is 1. The standard InChI is InChI=1S/C18H19F3N2O3/c1-2-23-15-9-12(26-11-17(25)22-7-3-4-8-22)5-6-13(15)14(10-16(23)24)18(19,20)21/h5-6,9-10H,2-4,7-8,11H2,1H3. The van der Waals surface area contributed by atoms with Crippen molar-refractivity contribution >= 4 is 16.8 Å². The Labute approximate surface area is 148 Å². The first-order valence-corrected chi connectivity index (χ1v) is 8.46. The Morgan fingerprint density at radius 2 is 1.88 bits per heavy atom. The number of pyridine rings is 1. The molecule has 1 fully saturated rings. The van der Waals surface area contributed by atoms with Gasteiger partial charge < -0.3 is 14.2 Å². The zero-order valence-electron chi connectivity index (χ0n) is 14.3. The Morgan fingerprint density at radius 1 is 1.19 bits per heavy atom. The highest BCUT2D eigenvalue weighted by molar-refractivity contribution is 5.85. The molecule has 1 amide bonds. The minimum absolute atomic E-state index is 0.0721. The van der Waals surface area contributed by atoms with E-state index in [0.29, 0.717) is 19.2 Å². The third-order valence-electron chi connectivity index (χ3n) is 4.53. The van der Waals surface area contributed by atoms with Gasteiger partial charge in [0.1, 0.15) is 5.75 Å². The van der Waals surface area contributed by atoms with E-state index in [-0.39, 0.29) is 35.7 Å². The first-order valence-electron chi connectivity index (χ1n) is 8.46. The highest BCUT2D eigenvalue weighted by Gasteiger charge is 2.34. The first-order chi connectivity index (χ1) is 12.3. The molecule has 0 spiro atoms. The van der Waals surface area contributed by atoms with E-state index in [1.54, 1.807) is 11.8 Å². The summed E-state index contributed by atoms with van der Waals surface area (Å²) in [5, 5.41) is -0.0721. The van der Waals surface area contributed by atoms with Crippen LogP contribution in [-0.4, -0.2) is 35.1 Å². The molecule has 0 saturated carbocycles. The van der Waals surface area contributed by atoms with Crippen molar-refractivity contribution in [2.45, 2.75) is 32.5 Å². The van der Waals surface area contributed by atoms with Crippen molar-refractivity contribution in [2.24, 2.45) is 0 Å².